The van der Waals surface area contributed by atoms with Crippen LogP contribution in [0.25, 0.3) is 0 Å². The van der Waals surface area contributed by atoms with Gasteiger partial charge in [-0.05, 0) is 0 Å². The molecule has 7 heavy (non-hydrogen) atoms. The summed E-state index contributed by atoms with van der Waals surface area (Å²) in [6.45, 7) is 0. The molecule has 0 radical (unpaired) electrons. The van der Waals surface area contributed by atoms with E-state index in [1.165, 1.54) is 14.2 Å². The summed E-state index contributed by atoms with van der Waals surface area (Å²) < 4.78 is 8.59. The van der Waals surface area contributed by atoms with E-state index in [0.717, 1.165) is 0 Å². The number of halogens is 1. The molecule has 5 heteroatoms. The van der Waals surface area contributed by atoms with E-state index < -0.39 is 8.60 Å². The summed E-state index contributed by atoms with van der Waals surface area (Å²) in [5, 5.41) is 0. The van der Waals surface area contributed by atoms with E-state index in [0.29, 0.717) is 0 Å². The molecule has 0 aliphatic carbocycles. The van der Waals surface area contributed by atoms with Crippen LogP contribution in [0.15, 0.2) is 0 Å². The number of hydrogen-bond acceptors (Lipinski definition) is 3. The van der Waals surface area contributed by atoms with Crippen LogP contribution in [0.2, 0.25) is 0 Å². The maximum Gasteiger partial charge on any atom is 0.329 e. The van der Waals surface area contributed by atoms with Gasteiger partial charge < -0.3 is 13.9 Å². The second kappa shape index (κ2) is 6.60. The van der Waals surface area contributed by atoms with Gasteiger partial charge in [0.1, 0.15) is 0 Å². The SMILES string of the molecule is COP(O)OC.Cl. The minimum atomic E-state index is -1.58. The van der Waals surface area contributed by atoms with Crippen molar-refractivity contribution in [3.05, 3.63) is 0 Å². The summed E-state index contributed by atoms with van der Waals surface area (Å²) in [4.78, 5) is 8.29. The molecule has 0 saturated heterocycles. The standard InChI is InChI=1S/C2H7O3P.ClH/c1-4-6(3)5-2;/h3H,1-2H3;1H. The molecule has 0 spiro atoms. The van der Waals surface area contributed by atoms with Crippen molar-refractivity contribution in [3.63, 3.8) is 0 Å². The predicted molar refractivity (Wildman–Crippen MR) is 30.4 cm³/mol. The molecular weight excluding hydrogens is 138 g/mol. The van der Waals surface area contributed by atoms with Gasteiger partial charge in [-0.25, -0.2) is 0 Å². The highest BCUT2D eigenvalue weighted by Crippen LogP contribution is 2.28. The monoisotopic (exact) mass is 146 g/mol. The van der Waals surface area contributed by atoms with Crippen LogP contribution in [-0.4, -0.2) is 19.1 Å². The van der Waals surface area contributed by atoms with Gasteiger partial charge in [-0.1, -0.05) is 0 Å². The molecule has 0 heterocycles. The van der Waals surface area contributed by atoms with Crippen LogP contribution in [0.4, 0.5) is 0 Å². The minimum absolute atomic E-state index is 0. The highest BCUT2D eigenvalue weighted by Gasteiger charge is 1.94. The Morgan fingerprint density at radius 3 is 1.57 bits per heavy atom. The maximum absolute atomic E-state index is 8.29. The Hall–Kier alpha value is 0.600. The van der Waals surface area contributed by atoms with Crippen molar-refractivity contribution in [2.75, 3.05) is 14.2 Å². The van der Waals surface area contributed by atoms with Gasteiger partial charge >= 0.3 is 8.60 Å². The van der Waals surface area contributed by atoms with Crippen LogP contribution in [0.3, 0.4) is 0 Å². The van der Waals surface area contributed by atoms with E-state index >= 15 is 0 Å². The first-order valence-corrected chi connectivity index (χ1v) is 2.51. The Balaban J connectivity index is 0. The van der Waals surface area contributed by atoms with Gasteiger partial charge in [0.15, 0.2) is 0 Å². The lowest BCUT2D eigenvalue weighted by Crippen LogP contribution is -1.75. The third kappa shape index (κ3) is 6.60. The fourth-order valence-electron chi connectivity index (χ4n) is 0.0745. The van der Waals surface area contributed by atoms with Crippen LogP contribution < -0.4 is 0 Å². The van der Waals surface area contributed by atoms with Crippen molar-refractivity contribution in [2.24, 2.45) is 0 Å². The maximum atomic E-state index is 8.29. The van der Waals surface area contributed by atoms with E-state index in [-0.39, 0.29) is 12.4 Å². The molecule has 0 amide bonds. The van der Waals surface area contributed by atoms with Gasteiger partial charge in [-0.15, -0.1) is 12.4 Å². The summed E-state index contributed by atoms with van der Waals surface area (Å²) in [5.41, 5.74) is 0. The Kier molecular flexibility index (Phi) is 9.95. The van der Waals surface area contributed by atoms with E-state index in [2.05, 4.69) is 9.05 Å². The topological polar surface area (TPSA) is 38.7 Å². The zero-order valence-corrected chi connectivity index (χ0v) is 5.83. The highest BCUT2D eigenvalue weighted by atomic mass is 35.5. The fraction of sp³-hybridized carbons (Fsp3) is 1.00. The smallest absolute Gasteiger partial charge is 0.328 e. The van der Waals surface area contributed by atoms with Gasteiger partial charge in [-0.3, -0.25) is 0 Å². The lowest BCUT2D eigenvalue weighted by Gasteiger charge is -1.98. The predicted octanol–water partition coefficient (Wildman–Crippen LogP) is 0.920. The Morgan fingerprint density at radius 1 is 1.29 bits per heavy atom. The third-order valence-corrected chi connectivity index (χ3v) is 0.937. The fourth-order valence-corrected chi connectivity index (χ4v) is 0.224. The van der Waals surface area contributed by atoms with Crippen molar-refractivity contribution in [1.29, 1.82) is 0 Å². The molecule has 0 aliphatic heterocycles. The second-order valence-electron chi connectivity index (χ2n) is 0.603. The molecule has 0 fully saturated rings. The van der Waals surface area contributed by atoms with Crippen molar-refractivity contribution >= 4 is 21.0 Å². The summed E-state index contributed by atoms with van der Waals surface area (Å²) in [5.74, 6) is 0. The zero-order valence-electron chi connectivity index (χ0n) is 4.12. The molecule has 1 N–H and O–H groups in total. The number of hydrogen-bond donors (Lipinski definition) is 1. The first kappa shape index (κ1) is 10.6. The van der Waals surface area contributed by atoms with Gasteiger partial charge in [0.2, 0.25) is 0 Å². The van der Waals surface area contributed by atoms with Crippen LogP contribution in [0.1, 0.15) is 0 Å². The molecule has 0 aromatic heterocycles. The minimum Gasteiger partial charge on any atom is -0.328 e. The van der Waals surface area contributed by atoms with Gasteiger partial charge in [0, 0.05) is 14.2 Å². The van der Waals surface area contributed by atoms with Crippen molar-refractivity contribution in [1.82, 2.24) is 0 Å². The van der Waals surface area contributed by atoms with Crippen molar-refractivity contribution < 1.29 is 13.9 Å². The normalized spacial score (nSPS) is 8.57. The lowest BCUT2D eigenvalue weighted by molar-refractivity contribution is 0.271. The van der Waals surface area contributed by atoms with E-state index in [4.69, 9.17) is 4.89 Å². The third-order valence-electron chi connectivity index (χ3n) is 0.312. The van der Waals surface area contributed by atoms with E-state index in [1.54, 1.807) is 0 Å². The summed E-state index contributed by atoms with van der Waals surface area (Å²) >= 11 is 0. The molecule has 0 unspecified atom stereocenters. The second-order valence-corrected chi connectivity index (χ2v) is 1.81. The summed E-state index contributed by atoms with van der Waals surface area (Å²) in [6, 6.07) is 0. The molecule has 0 aromatic carbocycles. The average molecular weight is 147 g/mol. The van der Waals surface area contributed by atoms with E-state index in [1.807, 2.05) is 0 Å². The van der Waals surface area contributed by atoms with Crippen molar-refractivity contribution in [3.8, 4) is 0 Å². The van der Waals surface area contributed by atoms with Crippen LogP contribution in [0, 0.1) is 0 Å². The van der Waals surface area contributed by atoms with Gasteiger partial charge in [0.05, 0.1) is 0 Å². The Bertz CT molecular complexity index is 32.1. The van der Waals surface area contributed by atoms with E-state index in [9.17, 15) is 0 Å². The molecule has 0 bridgehead atoms. The Morgan fingerprint density at radius 2 is 1.57 bits per heavy atom. The van der Waals surface area contributed by atoms with Crippen LogP contribution >= 0.6 is 21.0 Å². The molecule has 0 aliphatic rings. The first-order valence-electron chi connectivity index (χ1n) is 1.38. The molecule has 0 atom stereocenters. The van der Waals surface area contributed by atoms with Crippen LogP contribution in [-0.2, 0) is 9.05 Å². The molecule has 3 nitrogen and oxygen atoms in total. The molecule has 0 aromatic rings. The molecular formula is C2H8ClO3P. The Labute approximate surface area is 50.0 Å². The quantitative estimate of drug-likeness (QED) is 0.589. The van der Waals surface area contributed by atoms with Gasteiger partial charge in [-0.2, -0.15) is 0 Å². The highest BCUT2D eigenvalue weighted by molar-refractivity contribution is 7.40. The van der Waals surface area contributed by atoms with Gasteiger partial charge in [0.25, 0.3) is 0 Å². The lowest BCUT2D eigenvalue weighted by atomic mass is 11.8. The largest absolute Gasteiger partial charge is 0.329 e. The van der Waals surface area contributed by atoms with Crippen molar-refractivity contribution in [2.45, 2.75) is 0 Å². The summed E-state index contributed by atoms with van der Waals surface area (Å²) in [7, 11) is 1.19. The summed E-state index contributed by atoms with van der Waals surface area (Å²) in [6.07, 6.45) is 0. The average Bonchev–Trinajstić information content (AvgIpc) is 1.65. The molecule has 0 rings (SSSR count). The zero-order chi connectivity index (χ0) is 4.99. The first-order chi connectivity index (χ1) is 2.81. The molecule has 46 valence electrons. The molecule has 0 saturated carbocycles. The van der Waals surface area contributed by atoms with Crippen LogP contribution in [0.5, 0.6) is 0 Å². The number of rotatable bonds is 2.